The molecule has 0 radical (unpaired) electrons. The van der Waals surface area contributed by atoms with Crippen molar-refractivity contribution < 1.29 is 9.72 Å². The number of nitro groups is 1. The molecule has 2 aromatic heterocycles. The van der Waals surface area contributed by atoms with Crippen molar-refractivity contribution in [2.75, 3.05) is 0 Å². The lowest BCUT2D eigenvalue weighted by Crippen LogP contribution is -2.40. The molecular weight excluding hydrogens is 364 g/mol. The van der Waals surface area contributed by atoms with Gasteiger partial charge in [0.05, 0.1) is 16.9 Å². The smallest absolute Gasteiger partial charge is 0.300 e. The van der Waals surface area contributed by atoms with Crippen LogP contribution >= 0.6 is 0 Å². The summed E-state index contributed by atoms with van der Waals surface area (Å²) in [6.45, 7) is 1.69. The molecule has 1 aromatic carbocycles. The average molecular weight is 382 g/mol. The molecule has 0 bridgehead atoms. The second kappa shape index (κ2) is 7.95. The highest BCUT2D eigenvalue weighted by Gasteiger charge is 2.15. The van der Waals surface area contributed by atoms with Crippen molar-refractivity contribution in [1.29, 1.82) is 0 Å². The van der Waals surface area contributed by atoms with E-state index in [4.69, 9.17) is 0 Å². The van der Waals surface area contributed by atoms with Gasteiger partial charge in [-0.3, -0.25) is 24.0 Å². The molecule has 0 aliphatic rings. The number of rotatable bonds is 7. The van der Waals surface area contributed by atoms with Gasteiger partial charge in [-0.2, -0.15) is 0 Å². The van der Waals surface area contributed by atoms with Crippen LogP contribution in [0.25, 0.3) is 11.0 Å². The molecule has 0 fully saturated rings. The SMILES string of the molecule is CC(=O)CCCn1c(=O)c2cccnc2n(Cc2ccc([N+](=O)[O-])cc2)c1=O. The van der Waals surface area contributed by atoms with E-state index in [0.29, 0.717) is 17.4 Å². The minimum absolute atomic E-state index is 0.0123. The first-order chi connectivity index (χ1) is 13.4. The molecule has 3 aromatic rings. The van der Waals surface area contributed by atoms with Gasteiger partial charge in [-0.25, -0.2) is 9.78 Å². The van der Waals surface area contributed by atoms with Gasteiger partial charge in [0.2, 0.25) is 0 Å². The Bertz CT molecular complexity index is 1160. The number of Topliss-reactive ketones (excluding diaryl/α,β-unsaturated/α-hetero) is 1. The van der Waals surface area contributed by atoms with E-state index in [0.717, 1.165) is 4.57 Å². The second-order valence-corrected chi connectivity index (χ2v) is 6.43. The molecule has 0 spiro atoms. The molecule has 0 saturated carbocycles. The fourth-order valence-electron chi connectivity index (χ4n) is 2.98. The summed E-state index contributed by atoms with van der Waals surface area (Å²) in [5.41, 5.74) is -0.116. The standard InChI is InChI=1S/C19H18N4O5/c1-13(24)4-3-11-21-18(25)16-5-2-10-20-17(16)22(19(21)26)12-14-6-8-15(9-7-14)23(27)28/h2,5-10H,3-4,11-12H2,1H3. The van der Waals surface area contributed by atoms with Crippen molar-refractivity contribution in [3.63, 3.8) is 0 Å². The van der Waals surface area contributed by atoms with Gasteiger partial charge in [0.1, 0.15) is 11.4 Å². The second-order valence-electron chi connectivity index (χ2n) is 6.43. The van der Waals surface area contributed by atoms with Gasteiger partial charge >= 0.3 is 5.69 Å². The highest BCUT2D eigenvalue weighted by Crippen LogP contribution is 2.14. The fraction of sp³-hybridized carbons (Fsp3) is 0.263. The zero-order valence-corrected chi connectivity index (χ0v) is 15.2. The lowest BCUT2D eigenvalue weighted by Gasteiger charge is -2.13. The van der Waals surface area contributed by atoms with E-state index < -0.39 is 16.2 Å². The lowest BCUT2D eigenvalue weighted by molar-refractivity contribution is -0.384. The summed E-state index contributed by atoms with van der Waals surface area (Å²) in [6, 6.07) is 9.05. The number of aromatic nitrogens is 3. The molecule has 3 rings (SSSR count). The van der Waals surface area contributed by atoms with Crippen LogP contribution in [-0.2, 0) is 17.9 Å². The number of hydrogen-bond donors (Lipinski definition) is 0. The van der Waals surface area contributed by atoms with Crippen LogP contribution in [0.5, 0.6) is 0 Å². The Kier molecular flexibility index (Phi) is 5.44. The maximum absolute atomic E-state index is 13.0. The van der Waals surface area contributed by atoms with E-state index >= 15 is 0 Å². The molecule has 9 heteroatoms. The van der Waals surface area contributed by atoms with Crippen LogP contribution in [0.15, 0.2) is 52.2 Å². The molecule has 0 amide bonds. The zero-order chi connectivity index (χ0) is 20.3. The van der Waals surface area contributed by atoms with Crippen LogP contribution < -0.4 is 11.2 Å². The van der Waals surface area contributed by atoms with Crippen molar-refractivity contribution in [3.05, 3.63) is 79.1 Å². The van der Waals surface area contributed by atoms with Gasteiger partial charge in [0, 0.05) is 31.3 Å². The minimum Gasteiger partial charge on any atom is -0.300 e. The van der Waals surface area contributed by atoms with E-state index in [-0.39, 0.29) is 36.6 Å². The molecular formula is C19H18N4O5. The Morgan fingerprint density at radius 1 is 1.14 bits per heavy atom. The van der Waals surface area contributed by atoms with Gasteiger partial charge < -0.3 is 4.79 Å². The van der Waals surface area contributed by atoms with Crippen molar-refractivity contribution in [2.24, 2.45) is 0 Å². The Morgan fingerprint density at radius 2 is 1.86 bits per heavy atom. The number of carbonyl (C=O) groups excluding carboxylic acids is 1. The summed E-state index contributed by atoms with van der Waals surface area (Å²) < 4.78 is 2.48. The quantitative estimate of drug-likeness (QED) is 0.455. The summed E-state index contributed by atoms with van der Waals surface area (Å²) in [6.07, 6.45) is 2.15. The third kappa shape index (κ3) is 3.88. The number of carbonyl (C=O) groups is 1. The van der Waals surface area contributed by atoms with E-state index in [9.17, 15) is 24.5 Å². The number of ketones is 1. The number of benzene rings is 1. The van der Waals surface area contributed by atoms with E-state index in [1.165, 1.54) is 29.8 Å². The summed E-state index contributed by atoms with van der Waals surface area (Å²) in [7, 11) is 0. The van der Waals surface area contributed by atoms with Crippen molar-refractivity contribution in [1.82, 2.24) is 14.1 Å². The molecule has 9 nitrogen and oxygen atoms in total. The minimum atomic E-state index is -0.530. The van der Waals surface area contributed by atoms with Gasteiger partial charge in [0.15, 0.2) is 0 Å². The number of nitrogens with zero attached hydrogens (tertiary/aromatic N) is 4. The first-order valence-electron chi connectivity index (χ1n) is 8.69. The average Bonchev–Trinajstić information content (AvgIpc) is 2.68. The molecule has 0 N–H and O–H groups in total. The van der Waals surface area contributed by atoms with Crippen LogP contribution in [0.2, 0.25) is 0 Å². The number of non-ortho nitro benzene ring substituents is 1. The lowest BCUT2D eigenvalue weighted by atomic mass is 10.2. The Balaban J connectivity index is 2.07. The van der Waals surface area contributed by atoms with Gasteiger partial charge in [-0.05, 0) is 31.0 Å². The summed E-state index contributed by atoms with van der Waals surface area (Å²) in [5.74, 6) is -0.0123. The normalized spacial score (nSPS) is 10.9. The number of pyridine rings is 1. The molecule has 0 aliphatic carbocycles. The topological polar surface area (TPSA) is 117 Å². The molecule has 28 heavy (non-hydrogen) atoms. The van der Waals surface area contributed by atoms with Gasteiger partial charge in [-0.1, -0.05) is 12.1 Å². The Hall–Kier alpha value is -3.62. The Morgan fingerprint density at radius 3 is 2.50 bits per heavy atom. The van der Waals surface area contributed by atoms with Crippen molar-refractivity contribution in [2.45, 2.75) is 32.9 Å². The van der Waals surface area contributed by atoms with Crippen molar-refractivity contribution in [3.8, 4) is 0 Å². The third-order valence-corrected chi connectivity index (χ3v) is 4.38. The summed E-state index contributed by atoms with van der Waals surface area (Å²) in [5, 5.41) is 11.1. The highest BCUT2D eigenvalue weighted by molar-refractivity contribution is 5.75. The fourth-order valence-corrected chi connectivity index (χ4v) is 2.98. The number of nitro benzene ring substituents is 1. The van der Waals surface area contributed by atoms with Crippen LogP contribution in [0.3, 0.4) is 0 Å². The summed E-state index contributed by atoms with van der Waals surface area (Å²) in [4.78, 5) is 51.3. The molecule has 0 saturated heterocycles. The zero-order valence-electron chi connectivity index (χ0n) is 15.2. The van der Waals surface area contributed by atoms with E-state index in [1.807, 2.05) is 0 Å². The predicted molar refractivity (Wildman–Crippen MR) is 102 cm³/mol. The van der Waals surface area contributed by atoms with Crippen LogP contribution in [0, 0.1) is 10.1 Å². The third-order valence-electron chi connectivity index (χ3n) is 4.38. The first-order valence-corrected chi connectivity index (χ1v) is 8.69. The molecule has 0 atom stereocenters. The monoisotopic (exact) mass is 382 g/mol. The maximum Gasteiger partial charge on any atom is 0.332 e. The van der Waals surface area contributed by atoms with E-state index in [2.05, 4.69) is 4.98 Å². The molecule has 0 unspecified atom stereocenters. The van der Waals surface area contributed by atoms with Crippen LogP contribution in [-0.4, -0.2) is 24.8 Å². The summed E-state index contributed by atoms with van der Waals surface area (Å²) >= 11 is 0. The number of hydrogen-bond acceptors (Lipinski definition) is 6. The van der Waals surface area contributed by atoms with Gasteiger partial charge in [-0.15, -0.1) is 0 Å². The number of fused-ring (bicyclic) bond motifs is 1. The van der Waals surface area contributed by atoms with Crippen molar-refractivity contribution >= 4 is 22.5 Å². The molecule has 0 aliphatic heterocycles. The predicted octanol–water partition coefficient (Wildman–Crippen LogP) is 1.88. The Labute approximate surface area is 159 Å². The maximum atomic E-state index is 13.0. The molecule has 144 valence electrons. The van der Waals surface area contributed by atoms with Gasteiger partial charge in [0.25, 0.3) is 11.2 Å². The van der Waals surface area contributed by atoms with Crippen LogP contribution in [0.1, 0.15) is 25.3 Å². The van der Waals surface area contributed by atoms with E-state index in [1.54, 1.807) is 24.3 Å². The largest absolute Gasteiger partial charge is 0.332 e. The first kappa shape index (κ1) is 19.2. The molecule has 2 heterocycles. The van der Waals surface area contributed by atoms with Crippen LogP contribution in [0.4, 0.5) is 5.69 Å². The highest BCUT2D eigenvalue weighted by atomic mass is 16.6.